The summed E-state index contributed by atoms with van der Waals surface area (Å²) in [6.07, 6.45) is -0.278. The number of nitrogen functional groups attached to an aromatic ring is 1. The van der Waals surface area contributed by atoms with Gasteiger partial charge in [0.1, 0.15) is 0 Å². The number of carbonyl (C=O) groups is 3. The van der Waals surface area contributed by atoms with E-state index in [2.05, 4.69) is 5.32 Å². The van der Waals surface area contributed by atoms with Crippen molar-refractivity contribution in [2.45, 2.75) is 22.6 Å². The number of aromatic carboxylic acids is 1. The van der Waals surface area contributed by atoms with Crippen molar-refractivity contribution in [1.82, 2.24) is 5.32 Å². The molecular weight excluding hydrogens is 901 g/mol. The lowest BCUT2D eigenvalue weighted by Crippen LogP contribution is -2.29. The van der Waals surface area contributed by atoms with Crippen LogP contribution in [0.1, 0.15) is 22.3 Å². The summed E-state index contributed by atoms with van der Waals surface area (Å²) in [6, 6.07) is 13.2. The van der Waals surface area contributed by atoms with E-state index >= 15 is 0 Å². The second kappa shape index (κ2) is 21.3. The number of para-hydroxylation sites is 1. The normalized spacial score (nSPS) is 11.9. The molecule has 332 valence electrons. The molecule has 0 atom stereocenters. The van der Waals surface area contributed by atoms with Gasteiger partial charge in [0, 0.05) is 23.1 Å². The lowest BCUT2D eigenvalue weighted by atomic mass is 9.89. The molecule has 23 heteroatoms. The Hall–Kier alpha value is -5.20. The van der Waals surface area contributed by atoms with Crippen molar-refractivity contribution in [3.63, 3.8) is 0 Å². The van der Waals surface area contributed by atoms with Gasteiger partial charge in [-0.1, -0.05) is 35.3 Å². The zero-order valence-electron chi connectivity index (χ0n) is 32.4. The van der Waals surface area contributed by atoms with Gasteiger partial charge in [0.15, 0.2) is 26.9 Å². The molecule has 0 saturated heterocycles. The smallest absolute Gasteiger partial charge is 0.336 e. The second-order valence-electron chi connectivity index (χ2n) is 13.0. The fourth-order valence-electron chi connectivity index (χ4n) is 6.06. The van der Waals surface area contributed by atoms with Gasteiger partial charge in [-0.2, -0.15) is 16.8 Å². The van der Waals surface area contributed by atoms with Crippen LogP contribution >= 0.6 is 23.2 Å². The molecule has 1 amide bonds. The van der Waals surface area contributed by atoms with Crippen LogP contribution in [0.4, 0.5) is 5.69 Å². The summed E-state index contributed by atoms with van der Waals surface area (Å²) in [5, 5.41) is 20.6. The highest BCUT2D eigenvalue weighted by atomic mass is 35.5. The average Bonchev–Trinajstić information content (AvgIpc) is 3.18. The third kappa shape index (κ3) is 12.2. The van der Waals surface area contributed by atoms with Gasteiger partial charge in [-0.15, -0.1) is 0 Å². The van der Waals surface area contributed by atoms with E-state index in [-0.39, 0.29) is 121 Å². The van der Waals surface area contributed by atoms with E-state index in [0.717, 1.165) is 12.1 Å². The minimum Gasteiger partial charge on any atom is -0.478 e. The number of rotatable bonds is 22. The minimum absolute atomic E-state index is 0.00963. The van der Waals surface area contributed by atoms with Gasteiger partial charge in [0.2, 0.25) is 5.91 Å². The maximum absolute atomic E-state index is 12.9. The largest absolute Gasteiger partial charge is 0.478 e. The summed E-state index contributed by atoms with van der Waals surface area (Å²) in [4.78, 5) is 35.4. The number of anilines is 1. The zero-order chi connectivity index (χ0) is 45.2. The molecule has 1 heterocycles. The van der Waals surface area contributed by atoms with Crippen LogP contribution in [0.3, 0.4) is 0 Å². The summed E-state index contributed by atoms with van der Waals surface area (Å²) in [7, 11) is -10.4. The summed E-state index contributed by atoms with van der Waals surface area (Å²) in [6.45, 7) is 1.88. The standard InChI is InChI=1S/C39H39Cl2N3O16S2/c40-27-2-1-3-28(41)36(27)59-32(46)10-12-55-14-16-57-18-19-58-17-15-56-13-11-44-31(45)21-22-4-5-23(39(47)48)26(20-22)33-24-6-8-29(42)37(61(49,50)51)34(24)60-35-25(33)7-9-30(43)38(35)62(52,53)54/h1-9,20,42H,10-19,21,43H2,(H,44,45)(H,47,48)(H,49,50,51)(H,52,53,54). The molecule has 62 heavy (non-hydrogen) atoms. The first-order valence-electron chi connectivity index (χ1n) is 18.3. The quantitative estimate of drug-likeness (QED) is 0.0139. The molecule has 0 spiro atoms. The van der Waals surface area contributed by atoms with E-state index in [9.17, 15) is 45.4 Å². The van der Waals surface area contributed by atoms with Gasteiger partial charge < -0.3 is 44.3 Å². The number of hydrogen-bond acceptors (Lipinski definition) is 15. The number of amides is 1. The van der Waals surface area contributed by atoms with Gasteiger partial charge in [0.05, 0.1) is 92.4 Å². The number of fused-ring (bicyclic) bond motifs is 2. The highest BCUT2D eigenvalue weighted by Crippen LogP contribution is 2.46. The molecule has 3 aromatic carbocycles. The monoisotopic (exact) mass is 939 g/mol. The molecule has 19 nitrogen and oxygen atoms in total. The first kappa shape index (κ1) is 47.8. The Morgan fingerprint density at radius 1 is 0.758 bits per heavy atom. The third-order valence-corrected chi connectivity index (χ3v) is 11.2. The maximum Gasteiger partial charge on any atom is 0.336 e. The summed E-state index contributed by atoms with van der Waals surface area (Å²) in [5.74, 6) is -3.11. The Morgan fingerprint density at radius 2 is 1.35 bits per heavy atom. The van der Waals surface area contributed by atoms with Crippen molar-refractivity contribution in [3.8, 4) is 28.2 Å². The van der Waals surface area contributed by atoms with Crippen LogP contribution in [-0.2, 0) is 55.2 Å². The number of nitrogens with one attached hydrogen (secondary N) is 2. The van der Waals surface area contributed by atoms with E-state index in [1.54, 1.807) is 18.2 Å². The van der Waals surface area contributed by atoms with Crippen LogP contribution in [0, 0.1) is 5.41 Å². The lowest BCUT2D eigenvalue weighted by molar-refractivity contribution is -0.135. The highest BCUT2D eigenvalue weighted by molar-refractivity contribution is 7.86. The second-order valence-corrected chi connectivity index (χ2v) is 16.6. The van der Waals surface area contributed by atoms with Crippen LogP contribution in [0.5, 0.6) is 5.75 Å². The Bertz CT molecular complexity index is 2710. The number of benzene rings is 4. The van der Waals surface area contributed by atoms with E-state index in [1.165, 1.54) is 30.3 Å². The topological polar surface area (TPSA) is 301 Å². The van der Waals surface area contributed by atoms with E-state index in [0.29, 0.717) is 0 Å². The van der Waals surface area contributed by atoms with Crippen molar-refractivity contribution in [1.29, 1.82) is 5.41 Å². The predicted molar refractivity (Wildman–Crippen MR) is 222 cm³/mol. The molecule has 0 saturated carbocycles. The number of carboxylic acids is 1. The van der Waals surface area contributed by atoms with E-state index in [1.807, 2.05) is 0 Å². The molecule has 5 rings (SSSR count). The number of halogens is 2. The molecule has 2 aliphatic rings. The summed E-state index contributed by atoms with van der Waals surface area (Å²) < 4.78 is 103. The highest BCUT2D eigenvalue weighted by Gasteiger charge is 2.32. The molecule has 0 aromatic heterocycles. The van der Waals surface area contributed by atoms with Crippen LogP contribution in [0.15, 0.2) is 74.9 Å². The van der Waals surface area contributed by atoms with E-state index < -0.39 is 70.3 Å². The van der Waals surface area contributed by atoms with Crippen LogP contribution in [0.25, 0.3) is 33.4 Å². The van der Waals surface area contributed by atoms with Gasteiger partial charge in [-0.25, -0.2) is 4.79 Å². The molecule has 3 aromatic rings. The van der Waals surface area contributed by atoms with Crippen molar-refractivity contribution in [2.75, 3.05) is 65.1 Å². The van der Waals surface area contributed by atoms with Crippen LogP contribution in [0.2, 0.25) is 10.0 Å². The fraction of sp³-hybridized carbons (Fsp3) is 0.282. The molecule has 0 unspecified atom stereocenters. The summed E-state index contributed by atoms with van der Waals surface area (Å²) in [5.41, 5.74) is 4.18. The molecule has 1 aliphatic heterocycles. The number of carbonyl (C=O) groups excluding carboxylic acids is 2. The lowest BCUT2D eigenvalue weighted by Gasteiger charge is -2.20. The molecule has 1 aliphatic carbocycles. The first-order chi connectivity index (χ1) is 29.4. The predicted octanol–water partition coefficient (Wildman–Crippen LogP) is 4.49. The van der Waals surface area contributed by atoms with Crippen molar-refractivity contribution in [2.24, 2.45) is 0 Å². The Balaban J connectivity index is 1.11. The average molecular weight is 941 g/mol. The fourth-order valence-corrected chi connectivity index (χ4v) is 8.02. The maximum atomic E-state index is 12.9. The molecular formula is C39H39Cl2N3O16S2. The minimum atomic E-state index is -5.21. The Labute approximate surface area is 363 Å². The Morgan fingerprint density at radius 3 is 1.95 bits per heavy atom. The molecule has 0 radical (unpaired) electrons. The van der Waals surface area contributed by atoms with Gasteiger partial charge in [0.25, 0.3) is 20.2 Å². The van der Waals surface area contributed by atoms with Crippen LogP contribution in [-0.4, -0.2) is 108 Å². The first-order valence-corrected chi connectivity index (χ1v) is 21.9. The van der Waals surface area contributed by atoms with Gasteiger partial charge >= 0.3 is 11.9 Å². The number of esters is 1. The molecule has 0 bridgehead atoms. The number of nitrogens with two attached hydrogens (primary N) is 1. The third-order valence-electron chi connectivity index (χ3n) is 8.73. The van der Waals surface area contributed by atoms with Crippen molar-refractivity contribution >= 4 is 77.9 Å². The van der Waals surface area contributed by atoms with Crippen LogP contribution < -0.4 is 21.1 Å². The number of carboxylic acid groups (broad SMARTS) is 1. The number of hydrogen-bond donors (Lipinski definition) is 6. The zero-order valence-corrected chi connectivity index (χ0v) is 35.5. The molecule has 0 fully saturated rings. The van der Waals surface area contributed by atoms with Crippen molar-refractivity contribution in [3.05, 3.63) is 87.2 Å². The number of ether oxygens (including phenoxy) is 5. The summed E-state index contributed by atoms with van der Waals surface area (Å²) >= 11 is 12.0. The van der Waals surface area contributed by atoms with Crippen molar-refractivity contribution < 1.29 is 73.5 Å². The van der Waals surface area contributed by atoms with E-state index in [4.69, 9.17) is 62.4 Å². The van der Waals surface area contributed by atoms with Gasteiger partial charge in [-0.05, 0) is 59.7 Å². The SMILES string of the molecule is N=c1ccc2c(-c3cc(CC(=O)NCCOCCOCCOCCOCCC(=O)Oc4c(Cl)cccc4Cl)ccc3C(=O)O)c3ccc(N)c(S(=O)(=O)O)c3oc-2c1S(=O)(=O)O. The molecule has 7 N–H and O–H groups in total. The Kier molecular flexibility index (Phi) is 16.4. The van der Waals surface area contributed by atoms with Gasteiger partial charge in [-0.3, -0.25) is 24.1 Å².